The number of hydrogen-bond donors (Lipinski definition) is 4. The summed E-state index contributed by atoms with van der Waals surface area (Å²) in [5.74, 6) is -0.217. The summed E-state index contributed by atoms with van der Waals surface area (Å²) >= 11 is 0. The number of benzene rings is 1. The standard InChI is InChI=1S/C21H35N3O6/c1-5-17(26)11-21(29-13-20(27)23-9-8-22)30-19-10-16(12-28-15(4)25)6-7-18(19)24-14(2)3/h6-7,10,14,17,21,24,26H,5,8-9,11-13,22H2,1-4H3,(H,23,27). The van der Waals surface area contributed by atoms with E-state index in [0.29, 0.717) is 25.3 Å². The Balaban J connectivity index is 2.99. The molecule has 0 aliphatic rings. The number of anilines is 1. The molecule has 0 bridgehead atoms. The molecule has 170 valence electrons. The smallest absolute Gasteiger partial charge is 0.302 e. The van der Waals surface area contributed by atoms with Crippen molar-refractivity contribution in [2.24, 2.45) is 5.73 Å². The van der Waals surface area contributed by atoms with Crippen molar-refractivity contribution in [1.29, 1.82) is 0 Å². The highest BCUT2D eigenvalue weighted by atomic mass is 16.7. The van der Waals surface area contributed by atoms with E-state index in [1.807, 2.05) is 32.9 Å². The van der Waals surface area contributed by atoms with Gasteiger partial charge in [-0.2, -0.15) is 0 Å². The molecule has 0 saturated carbocycles. The molecular weight excluding hydrogens is 390 g/mol. The van der Waals surface area contributed by atoms with E-state index in [-0.39, 0.29) is 37.6 Å². The van der Waals surface area contributed by atoms with Crippen LogP contribution in [0.3, 0.4) is 0 Å². The zero-order valence-corrected chi connectivity index (χ0v) is 18.3. The summed E-state index contributed by atoms with van der Waals surface area (Å²) in [5.41, 5.74) is 6.85. The van der Waals surface area contributed by atoms with E-state index in [1.54, 1.807) is 6.07 Å². The summed E-state index contributed by atoms with van der Waals surface area (Å²) in [6, 6.07) is 5.55. The lowest BCUT2D eigenvalue weighted by molar-refractivity contribution is -0.142. The number of ether oxygens (including phenoxy) is 3. The van der Waals surface area contributed by atoms with Gasteiger partial charge >= 0.3 is 5.97 Å². The van der Waals surface area contributed by atoms with Gasteiger partial charge in [-0.25, -0.2) is 0 Å². The van der Waals surface area contributed by atoms with Gasteiger partial charge in [0, 0.05) is 32.5 Å². The van der Waals surface area contributed by atoms with Crippen LogP contribution < -0.4 is 21.1 Å². The second-order valence-electron chi connectivity index (χ2n) is 7.20. The number of aliphatic hydroxyl groups is 1. The van der Waals surface area contributed by atoms with Crippen LogP contribution in [-0.2, 0) is 25.7 Å². The van der Waals surface area contributed by atoms with Crippen LogP contribution in [0.2, 0.25) is 0 Å². The molecule has 9 nitrogen and oxygen atoms in total. The molecule has 0 saturated heterocycles. The highest BCUT2D eigenvalue weighted by molar-refractivity contribution is 5.77. The molecular formula is C21H35N3O6. The van der Waals surface area contributed by atoms with Crippen molar-refractivity contribution < 1.29 is 28.9 Å². The molecule has 9 heteroatoms. The Kier molecular flexibility index (Phi) is 11.8. The molecule has 0 aromatic heterocycles. The van der Waals surface area contributed by atoms with E-state index >= 15 is 0 Å². The second kappa shape index (κ2) is 13.8. The van der Waals surface area contributed by atoms with Crippen LogP contribution in [0.1, 0.15) is 46.1 Å². The topological polar surface area (TPSA) is 132 Å². The van der Waals surface area contributed by atoms with Gasteiger partial charge < -0.3 is 35.7 Å². The number of amides is 1. The summed E-state index contributed by atoms with van der Waals surface area (Å²) < 4.78 is 16.7. The largest absolute Gasteiger partial charge is 0.463 e. The Bertz CT molecular complexity index is 668. The van der Waals surface area contributed by atoms with Crippen molar-refractivity contribution in [2.75, 3.05) is 25.0 Å². The Hall–Kier alpha value is -2.36. The van der Waals surface area contributed by atoms with Crippen LogP contribution in [0.15, 0.2) is 18.2 Å². The number of esters is 1. The van der Waals surface area contributed by atoms with Crippen LogP contribution in [0.5, 0.6) is 5.75 Å². The maximum atomic E-state index is 11.9. The molecule has 0 fully saturated rings. The van der Waals surface area contributed by atoms with E-state index in [0.717, 1.165) is 11.3 Å². The van der Waals surface area contributed by atoms with Crippen molar-refractivity contribution in [3.05, 3.63) is 23.8 Å². The normalized spacial score (nSPS) is 12.9. The third-order valence-electron chi connectivity index (χ3n) is 3.99. The zero-order chi connectivity index (χ0) is 22.5. The van der Waals surface area contributed by atoms with Crippen molar-refractivity contribution in [2.45, 2.75) is 65.6 Å². The molecule has 1 rings (SSSR count). The van der Waals surface area contributed by atoms with Gasteiger partial charge in [-0.3, -0.25) is 9.59 Å². The molecule has 1 amide bonds. The summed E-state index contributed by atoms with van der Waals surface area (Å²) in [6.45, 7) is 7.75. The van der Waals surface area contributed by atoms with Crippen LogP contribution in [0.4, 0.5) is 5.69 Å². The number of nitrogens with two attached hydrogens (primary N) is 1. The first-order chi connectivity index (χ1) is 14.2. The minimum absolute atomic E-state index is 0.109. The van der Waals surface area contributed by atoms with E-state index in [1.165, 1.54) is 6.92 Å². The van der Waals surface area contributed by atoms with Crippen LogP contribution >= 0.6 is 0 Å². The Morgan fingerprint density at radius 1 is 1.27 bits per heavy atom. The van der Waals surface area contributed by atoms with Gasteiger partial charge in [0.1, 0.15) is 19.0 Å². The predicted molar refractivity (Wildman–Crippen MR) is 114 cm³/mol. The number of rotatable bonds is 14. The van der Waals surface area contributed by atoms with E-state index in [4.69, 9.17) is 19.9 Å². The summed E-state index contributed by atoms with van der Waals surface area (Å²) in [5, 5.41) is 16.0. The highest BCUT2D eigenvalue weighted by Gasteiger charge is 2.20. The van der Waals surface area contributed by atoms with Gasteiger partial charge in [0.15, 0.2) is 0 Å². The molecule has 0 aliphatic heterocycles. The van der Waals surface area contributed by atoms with Gasteiger partial charge in [0.25, 0.3) is 0 Å². The summed E-state index contributed by atoms with van der Waals surface area (Å²) in [7, 11) is 0. The quantitative estimate of drug-likeness (QED) is 0.261. The monoisotopic (exact) mass is 425 g/mol. The van der Waals surface area contributed by atoms with Crippen molar-refractivity contribution >= 4 is 17.6 Å². The van der Waals surface area contributed by atoms with Crippen molar-refractivity contribution in [1.82, 2.24) is 5.32 Å². The summed E-state index contributed by atoms with van der Waals surface area (Å²) in [6.07, 6.45) is -0.782. The van der Waals surface area contributed by atoms with Gasteiger partial charge in [-0.1, -0.05) is 13.0 Å². The molecule has 0 radical (unpaired) electrons. The molecule has 1 aromatic carbocycles. The lowest BCUT2D eigenvalue weighted by atomic mass is 10.1. The predicted octanol–water partition coefficient (Wildman–Crippen LogP) is 1.53. The summed E-state index contributed by atoms with van der Waals surface area (Å²) in [4.78, 5) is 23.0. The first-order valence-corrected chi connectivity index (χ1v) is 10.2. The maximum Gasteiger partial charge on any atom is 0.302 e. The molecule has 30 heavy (non-hydrogen) atoms. The minimum Gasteiger partial charge on any atom is -0.463 e. The first kappa shape index (κ1) is 25.7. The number of hydrogen-bond acceptors (Lipinski definition) is 8. The third-order valence-corrected chi connectivity index (χ3v) is 3.99. The number of carbonyl (C=O) groups excluding carboxylic acids is 2. The average Bonchev–Trinajstić information content (AvgIpc) is 2.69. The fourth-order valence-electron chi connectivity index (χ4n) is 2.48. The number of aliphatic hydroxyl groups excluding tert-OH is 1. The van der Waals surface area contributed by atoms with Crippen molar-refractivity contribution in [3.63, 3.8) is 0 Å². The van der Waals surface area contributed by atoms with Gasteiger partial charge in [0.05, 0.1) is 11.8 Å². The van der Waals surface area contributed by atoms with Crippen molar-refractivity contribution in [3.8, 4) is 5.75 Å². The molecule has 5 N–H and O–H groups in total. The molecule has 2 unspecified atom stereocenters. The second-order valence-corrected chi connectivity index (χ2v) is 7.20. The molecule has 2 atom stereocenters. The third kappa shape index (κ3) is 10.4. The number of carbonyl (C=O) groups is 2. The fourth-order valence-corrected chi connectivity index (χ4v) is 2.48. The SMILES string of the molecule is CCC(O)CC(OCC(=O)NCCN)Oc1cc(COC(C)=O)ccc1NC(C)C. The maximum absolute atomic E-state index is 11.9. The lowest BCUT2D eigenvalue weighted by Gasteiger charge is -2.24. The Morgan fingerprint density at radius 2 is 2.00 bits per heavy atom. The lowest BCUT2D eigenvalue weighted by Crippen LogP contribution is -2.35. The van der Waals surface area contributed by atoms with Crippen LogP contribution in [-0.4, -0.2) is 55.1 Å². The Morgan fingerprint density at radius 3 is 2.60 bits per heavy atom. The van der Waals surface area contributed by atoms with E-state index < -0.39 is 12.4 Å². The fraction of sp³-hybridized carbons (Fsp3) is 0.619. The highest BCUT2D eigenvalue weighted by Crippen LogP contribution is 2.29. The zero-order valence-electron chi connectivity index (χ0n) is 18.3. The minimum atomic E-state index is -0.847. The Labute approximate surface area is 178 Å². The molecule has 0 heterocycles. The van der Waals surface area contributed by atoms with E-state index in [9.17, 15) is 14.7 Å². The molecule has 0 aliphatic carbocycles. The van der Waals surface area contributed by atoms with Gasteiger partial charge in [0.2, 0.25) is 12.2 Å². The van der Waals surface area contributed by atoms with E-state index in [2.05, 4.69) is 10.6 Å². The molecule has 0 spiro atoms. The first-order valence-electron chi connectivity index (χ1n) is 10.2. The van der Waals surface area contributed by atoms with Gasteiger partial charge in [-0.05, 0) is 38.0 Å². The van der Waals surface area contributed by atoms with Crippen LogP contribution in [0, 0.1) is 0 Å². The number of nitrogens with one attached hydrogen (secondary N) is 2. The average molecular weight is 426 g/mol. The molecule has 1 aromatic rings. The van der Waals surface area contributed by atoms with Gasteiger partial charge in [-0.15, -0.1) is 0 Å². The van der Waals surface area contributed by atoms with Crippen LogP contribution in [0.25, 0.3) is 0 Å².